The van der Waals surface area contributed by atoms with Gasteiger partial charge in [-0.25, -0.2) is 9.97 Å². The summed E-state index contributed by atoms with van der Waals surface area (Å²) < 4.78 is 5.28. The lowest BCUT2D eigenvalue weighted by Crippen LogP contribution is -2.43. The topological polar surface area (TPSA) is 38.2 Å². The molecule has 2 atom stereocenters. The molecule has 0 N–H and O–H groups in total. The highest BCUT2D eigenvalue weighted by molar-refractivity contribution is 5.42. The van der Waals surface area contributed by atoms with Crippen molar-refractivity contribution in [3.05, 3.63) is 17.6 Å². The van der Waals surface area contributed by atoms with Crippen molar-refractivity contribution in [2.24, 2.45) is 5.92 Å². The van der Waals surface area contributed by atoms with Gasteiger partial charge < -0.3 is 9.64 Å². The predicted molar refractivity (Wildman–Crippen MR) is 86.7 cm³/mol. The summed E-state index contributed by atoms with van der Waals surface area (Å²) in [6, 6.07) is 2.62. The third kappa shape index (κ3) is 3.73. The molecule has 0 bridgehead atoms. The molecular weight excluding hydrogens is 262 g/mol. The second kappa shape index (κ2) is 6.30. The lowest BCUT2D eigenvalue weighted by atomic mass is 9.92. The van der Waals surface area contributed by atoms with Crippen LogP contribution in [0.3, 0.4) is 0 Å². The number of nitrogens with zero attached hydrogens (tertiary/aromatic N) is 3. The minimum Gasteiger partial charge on any atom is -0.378 e. The molecule has 0 aromatic carbocycles. The van der Waals surface area contributed by atoms with Crippen molar-refractivity contribution in [1.29, 1.82) is 0 Å². The fourth-order valence-corrected chi connectivity index (χ4v) is 2.85. The average molecular weight is 291 g/mol. The molecule has 0 amide bonds. The van der Waals surface area contributed by atoms with Gasteiger partial charge >= 0.3 is 0 Å². The van der Waals surface area contributed by atoms with Crippen molar-refractivity contribution in [2.75, 3.05) is 18.6 Å². The zero-order chi connectivity index (χ0) is 15.6. The minimum atomic E-state index is -0.0524. The largest absolute Gasteiger partial charge is 0.378 e. The Morgan fingerprint density at radius 2 is 2.00 bits per heavy atom. The number of aromatic nitrogens is 2. The zero-order valence-corrected chi connectivity index (χ0v) is 14.3. The maximum absolute atomic E-state index is 5.28. The third-order valence-electron chi connectivity index (χ3n) is 4.40. The van der Waals surface area contributed by atoms with E-state index in [0.717, 1.165) is 23.9 Å². The lowest BCUT2D eigenvalue weighted by Gasteiger charge is -2.39. The average Bonchev–Trinajstić information content (AvgIpc) is 2.41. The van der Waals surface area contributed by atoms with Gasteiger partial charge in [0.25, 0.3) is 0 Å². The van der Waals surface area contributed by atoms with Gasteiger partial charge in [-0.05, 0) is 25.7 Å². The summed E-state index contributed by atoms with van der Waals surface area (Å²) in [5.74, 6) is 2.66. The van der Waals surface area contributed by atoms with E-state index in [9.17, 15) is 0 Å². The van der Waals surface area contributed by atoms with E-state index in [1.807, 2.05) is 0 Å². The van der Waals surface area contributed by atoms with Crippen LogP contribution >= 0.6 is 0 Å². The van der Waals surface area contributed by atoms with Crippen LogP contribution in [-0.4, -0.2) is 29.7 Å². The van der Waals surface area contributed by atoms with Crippen LogP contribution in [0.5, 0.6) is 0 Å². The van der Waals surface area contributed by atoms with Crippen molar-refractivity contribution in [3.8, 4) is 0 Å². The Balaban J connectivity index is 2.39. The molecule has 0 aliphatic carbocycles. The van der Waals surface area contributed by atoms with Crippen molar-refractivity contribution >= 4 is 5.82 Å². The van der Waals surface area contributed by atoms with Gasteiger partial charge in [0.2, 0.25) is 0 Å². The van der Waals surface area contributed by atoms with E-state index in [4.69, 9.17) is 9.72 Å². The molecule has 2 rings (SSSR count). The Morgan fingerprint density at radius 3 is 2.62 bits per heavy atom. The fraction of sp³-hybridized carbons (Fsp3) is 0.765. The van der Waals surface area contributed by atoms with Gasteiger partial charge in [0.1, 0.15) is 11.6 Å². The Bertz CT molecular complexity index is 481. The molecule has 4 nitrogen and oxygen atoms in total. The summed E-state index contributed by atoms with van der Waals surface area (Å²) in [5.41, 5.74) is 0.918. The Kier molecular flexibility index (Phi) is 4.87. The van der Waals surface area contributed by atoms with Crippen LogP contribution in [0, 0.1) is 5.92 Å². The molecule has 1 aromatic rings. The molecule has 1 aliphatic rings. The first kappa shape index (κ1) is 16.2. The lowest BCUT2D eigenvalue weighted by molar-refractivity contribution is 0.181. The molecule has 1 aromatic heterocycles. The molecule has 1 fully saturated rings. The molecule has 0 spiro atoms. The number of anilines is 1. The van der Waals surface area contributed by atoms with Crippen LogP contribution in [0.2, 0.25) is 0 Å². The van der Waals surface area contributed by atoms with Gasteiger partial charge in [-0.3, -0.25) is 0 Å². The summed E-state index contributed by atoms with van der Waals surface area (Å²) in [5, 5.41) is 0. The van der Waals surface area contributed by atoms with E-state index in [2.05, 4.69) is 50.6 Å². The molecule has 2 heterocycles. The van der Waals surface area contributed by atoms with Crippen molar-refractivity contribution in [3.63, 3.8) is 0 Å². The van der Waals surface area contributed by atoms with E-state index in [0.29, 0.717) is 18.6 Å². The van der Waals surface area contributed by atoms with Gasteiger partial charge in [-0.2, -0.15) is 0 Å². The van der Waals surface area contributed by atoms with Gasteiger partial charge in [-0.15, -0.1) is 0 Å². The third-order valence-corrected chi connectivity index (χ3v) is 4.40. The highest BCUT2D eigenvalue weighted by atomic mass is 16.5. The molecule has 2 unspecified atom stereocenters. The maximum atomic E-state index is 5.28. The van der Waals surface area contributed by atoms with Crippen LogP contribution in [0.25, 0.3) is 0 Å². The van der Waals surface area contributed by atoms with Gasteiger partial charge in [0, 0.05) is 31.2 Å². The molecule has 118 valence electrons. The Labute approximate surface area is 128 Å². The quantitative estimate of drug-likeness (QED) is 0.853. The normalized spacial score (nSPS) is 23.4. The smallest absolute Gasteiger partial charge is 0.136 e. The number of ether oxygens (including phenoxy) is 1. The first-order valence-corrected chi connectivity index (χ1v) is 7.97. The molecule has 21 heavy (non-hydrogen) atoms. The van der Waals surface area contributed by atoms with E-state index in [-0.39, 0.29) is 5.41 Å². The van der Waals surface area contributed by atoms with Gasteiger partial charge in [0.15, 0.2) is 0 Å². The number of rotatable bonds is 3. The summed E-state index contributed by atoms with van der Waals surface area (Å²) in [6.07, 6.45) is 2.54. The fourth-order valence-electron chi connectivity index (χ4n) is 2.85. The molecule has 1 saturated heterocycles. The Morgan fingerprint density at radius 1 is 1.29 bits per heavy atom. The Hall–Kier alpha value is -1.16. The number of hydrogen-bond acceptors (Lipinski definition) is 4. The molecule has 0 radical (unpaired) electrons. The van der Waals surface area contributed by atoms with Gasteiger partial charge in [-0.1, -0.05) is 27.7 Å². The van der Waals surface area contributed by atoms with E-state index >= 15 is 0 Å². The molecule has 1 aliphatic heterocycles. The first-order valence-electron chi connectivity index (χ1n) is 7.97. The summed E-state index contributed by atoms with van der Waals surface area (Å²) in [6.45, 7) is 12.7. The van der Waals surface area contributed by atoms with Crippen molar-refractivity contribution in [1.82, 2.24) is 9.97 Å². The minimum absolute atomic E-state index is 0.0524. The van der Waals surface area contributed by atoms with Crippen LogP contribution in [0.15, 0.2) is 6.07 Å². The second-order valence-electron chi connectivity index (χ2n) is 7.28. The van der Waals surface area contributed by atoms with Crippen molar-refractivity contribution in [2.45, 2.75) is 65.5 Å². The van der Waals surface area contributed by atoms with Crippen LogP contribution in [0.4, 0.5) is 5.82 Å². The van der Waals surface area contributed by atoms with Crippen LogP contribution in [0.1, 0.15) is 59.0 Å². The van der Waals surface area contributed by atoms with Crippen LogP contribution < -0.4 is 4.90 Å². The number of piperidine rings is 1. The second-order valence-corrected chi connectivity index (χ2v) is 7.28. The molecule has 4 heteroatoms. The predicted octanol–water partition coefficient (Wildman–Crippen LogP) is 3.55. The summed E-state index contributed by atoms with van der Waals surface area (Å²) >= 11 is 0. The summed E-state index contributed by atoms with van der Waals surface area (Å²) in [4.78, 5) is 12.0. The first-order chi connectivity index (χ1) is 9.82. The zero-order valence-electron chi connectivity index (χ0n) is 14.3. The number of methoxy groups -OCH3 is 1. The maximum Gasteiger partial charge on any atom is 0.136 e. The highest BCUT2D eigenvalue weighted by Crippen LogP contribution is 2.29. The standard InChI is InChI=1S/C17H29N3O/c1-12-8-7-9-20(13(12)2)15-10-14(11-21-6)18-16(19-15)17(3,4)5/h10,12-13H,7-9,11H2,1-6H3. The monoisotopic (exact) mass is 291 g/mol. The molecule has 0 saturated carbocycles. The van der Waals surface area contributed by atoms with E-state index in [1.54, 1.807) is 7.11 Å². The van der Waals surface area contributed by atoms with E-state index < -0.39 is 0 Å². The highest BCUT2D eigenvalue weighted by Gasteiger charge is 2.27. The number of hydrogen-bond donors (Lipinski definition) is 0. The van der Waals surface area contributed by atoms with Crippen molar-refractivity contribution < 1.29 is 4.74 Å². The van der Waals surface area contributed by atoms with Gasteiger partial charge in [0.05, 0.1) is 12.3 Å². The SMILES string of the molecule is COCc1cc(N2CCCC(C)C2C)nc(C(C)(C)C)n1. The molecular formula is C17H29N3O. The van der Waals surface area contributed by atoms with E-state index in [1.165, 1.54) is 12.8 Å². The summed E-state index contributed by atoms with van der Waals surface area (Å²) in [7, 11) is 1.71. The van der Waals surface area contributed by atoms with Crippen LogP contribution in [-0.2, 0) is 16.8 Å².